The number of likely N-dealkylation sites (tertiary alicyclic amines) is 1. The van der Waals surface area contributed by atoms with E-state index >= 15 is 0 Å². The van der Waals surface area contributed by atoms with Crippen LogP contribution in [0.25, 0.3) is 0 Å². The summed E-state index contributed by atoms with van der Waals surface area (Å²) in [5, 5.41) is 0. The Morgan fingerprint density at radius 2 is 1.30 bits per heavy atom. The van der Waals surface area contributed by atoms with E-state index in [1.54, 1.807) is 0 Å². The molecule has 234 valence electrons. The molecule has 2 fully saturated rings. The highest BCUT2D eigenvalue weighted by atomic mass is 16.6. The van der Waals surface area contributed by atoms with Crippen molar-refractivity contribution in [3.05, 3.63) is 108 Å². The van der Waals surface area contributed by atoms with Crippen LogP contribution in [0.1, 0.15) is 61.6 Å². The molecule has 1 aliphatic carbocycles. The minimum atomic E-state index is -0.262. The van der Waals surface area contributed by atoms with Crippen LogP contribution in [0.2, 0.25) is 0 Å². The number of carbonyl (C=O) groups excluding carboxylic acids is 2. The maximum absolute atomic E-state index is 13.1. The minimum absolute atomic E-state index is 0.130. The fourth-order valence-electron chi connectivity index (χ4n) is 6.90. The van der Waals surface area contributed by atoms with Crippen molar-refractivity contribution in [1.29, 1.82) is 0 Å². The molecule has 0 N–H and O–H groups in total. The zero-order valence-corrected chi connectivity index (χ0v) is 26.2. The zero-order valence-electron chi connectivity index (χ0n) is 26.2. The number of ether oxygens (including phenoxy) is 2. The van der Waals surface area contributed by atoms with Crippen molar-refractivity contribution in [3.63, 3.8) is 0 Å². The summed E-state index contributed by atoms with van der Waals surface area (Å²) in [5.74, 6) is 0.818. The first-order chi connectivity index (χ1) is 21.5. The molecule has 3 aromatic carbocycles. The minimum Gasteiger partial charge on any atom is -0.445 e. The molecular formula is C37H47N3O4. The van der Waals surface area contributed by atoms with Crippen molar-refractivity contribution in [1.82, 2.24) is 14.7 Å². The number of rotatable bonds is 11. The van der Waals surface area contributed by atoms with E-state index in [-0.39, 0.29) is 30.9 Å². The van der Waals surface area contributed by atoms with E-state index in [0.29, 0.717) is 25.0 Å². The Morgan fingerprint density at radius 1 is 0.750 bits per heavy atom. The van der Waals surface area contributed by atoms with Crippen LogP contribution in [0.5, 0.6) is 0 Å². The first-order valence-corrected chi connectivity index (χ1v) is 16.2. The van der Waals surface area contributed by atoms with Crippen LogP contribution < -0.4 is 0 Å². The molecule has 1 saturated carbocycles. The number of piperidine rings is 1. The molecule has 3 aromatic rings. The van der Waals surface area contributed by atoms with Crippen LogP contribution in [0.15, 0.2) is 91.0 Å². The molecule has 0 spiro atoms. The Hall–Kier alpha value is -3.84. The average molecular weight is 598 g/mol. The second-order valence-electron chi connectivity index (χ2n) is 12.3. The molecule has 44 heavy (non-hydrogen) atoms. The molecule has 2 aliphatic rings. The van der Waals surface area contributed by atoms with E-state index in [1.807, 2.05) is 77.5 Å². The largest absolute Gasteiger partial charge is 0.445 e. The van der Waals surface area contributed by atoms with Gasteiger partial charge < -0.3 is 24.2 Å². The van der Waals surface area contributed by atoms with Gasteiger partial charge in [0.1, 0.15) is 13.2 Å². The van der Waals surface area contributed by atoms with Crippen LogP contribution in [-0.4, -0.2) is 72.2 Å². The van der Waals surface area contributed by atoms with Gasteiger partial charge in [0.05, 0.1) is 0 Å². The maximum Gasteiger partial charge on any atom is 0.410 e. The summed E-state index contributed by atoms with van der Waals surface area (Å²) in [7, 11) is 1.88. The molecule has 1 aliphatic heterocycles. The van der Waals surface area contributed by atoms with E-state index in [1.165, 1.54) is 5.56 Å². The fraction of sp³-hybridized carbons (Fsp3) is 0.459. The van der Waals surface area contributed by atoms with Crippen LogP contribution in [-0.2, 0) is 22.7 Å². The molecule has 1 saturated heterocycles. The lowest BCUT2D eigenvalue weighted by Crippen LogP contribution is -2.48. The first kappa shape index (κ1) is 31.6. The summed E-state index contributed by atoms with van der Waals surface area (Å²) in [4.78, 5) is 32.5. The van der Waals surface area contributed by atoms with Crippen LogP contribution in [0.3, 0.4) is 0 Å². The number of hydrogen-bond acceptors (Lipinski definition) is 5. The summed E-state index contributed by atoms with van der Waals surface area (Å²) in [6.07, 6.45) is 4.20. The number of hydrogen-bond donors (Lipinski definition) is 0. The number of carbonyl (C=O) groups is 2. The predicted octanol–water partition coefficient (Wildman–Crippen LogP) is 7.33. The van der Waals surface area contributed by atoms with Gasteiger partial charge in [-0.15, -0.1) is 0 Å². The second kappa shape index (κ2) is 15.8. The van der Waals surface area contributed by atoms with Gasteiger partial charge in [0.15, 0.2) is 0 Å². The highest BCUT2D eigenvalue weighted by Gasteiger charge is 2.40. The number of amides is 2. The van der Waals surface area contributed by atoms with Crippen LogP contribution in [0, 0.1) is 5.92 Å². The highest BCUT2D eigenvalue weighted by molar-refractivity contribution is 5.68. The Balaban J connectivity index is 1.16. The van der Waals surface area contributed by atoms with Crippen molar-refractivity contribution in [2.75, 3.05) is 33.2 Å². The van der Waals surface area contributed by atoms with Gasteiger partial charge in [-0.25, -0.2) is 9.59 Å². The summed E-state index contributed by atoms with van der Waals surface area (Å²) in [6.45, 7) is 6.31. The SMILES string of the molecule is CCCN(C(=O)OCc1ccccc1)C1CCN(CC2CC(N(C)C(=O)OCc3ccccc3)CC2c2ccccc2)CC1. The van der Waals surface area contributed by atoms with E-state index in [0.717, 1.165) is 62.9 Å². The number of nitrogens with zero attached hydrogens (tertiary/aromatic N) is 3. The second-order valence-corrected chi connectivity index (χ2v) is 12.3. The normalized spacial score (nSPS) is 20.6. The Kier molecular flexibility index (Phi) is 11.3. The third-order valence-corrected chi connectivity index (χ3v) is 9.33. The third kappa shape index (κ3) is 8.41. The molecule has 0 bridgehead atoms. The van der Waals surface area contributed by atoms with E-state index in [9.17, 15) is 9.59 Å². The summed E-state index contributed by atoms with van der Waals surface area (Å²) >= 11 is 0. The smallest absolute Gasteiger partial charge is 0.410 e. The highest BCUT2D eigenvalue weighted by Crippen LogP contribution is 2.42. The molecule has 7 nitrogen and oxygen atoms in total. The van der Waals surface area contributed by atoms with Crippen LogP contribution in [0.4, 0.5) is 9.59 Å². The van der Waals surface area contributed by atoms with Gasteiger partial charge in [0, 0.05) is 45.3 Å². The van der Waals surface area contributed by atoms with E-state index in [2.05, 4.69) is 42.2 Å². The van der Waals surface area contributed by atoms with Gasteiger partial charge in [-0.2, -0.15) is 0 Å². The standard InChI is InChI=1S/C37H47N3O4/c1-3-21-40(37(42)44-28-30-15-9-5-10-16-30)33-19-22-39(23-20-33)26-32-24-34(25-35(32)31-17-11-6-12-18-31)38(2)36(41)43-27-29-13-7-4-8-14-29/h4-18,32-35H,3,19-28H2,1-2H3. The van der Waals surface area contributed by atoms with Crippen molar-refractivity contribution < 1.29 is 19.1 Å². The molecule has 7 heteroatoms. The Bertz CT molecular complexity index is 1300. The molecule has 0 radical (unpaired) electrons. The third-order valence-electron chi connectivity index (χ3n) is 9.33. The average Bonchev–Trinajstić information content (AvgIpc) is 3.50. The van der Waals surface area contributed by atoms with Gasteiger partial charge in [-0.1, -0.05) is 97.9 Å². The van der Waals surface area contributed by atoms with Crippen molar-refractivity contribution in [2.45, 2.75) is 70.2 Å². The molecule has 0 aromatic heterocycles. The fourth-order valence-corrected chi connectivity index (χ4v) is 6.90. The zero-order chi connectivity index (χ0) is 30.7. The molecule has 5 rings (SSSR count). The molecule has 1 heterocycles. The monoisotopic (exact) mass is 597 g/mol. The Labute approximate surface area is 262 Å². The summed E-state index contributed by atoms with van der Waals surface area (Å²) < 4.78 is 11.4. The maximum atomic E-state index is 13.1. The van der Waals surface area contributed by atoms with Gasteiger partial charge in [0.25, 0.3) is 0 Å². The van der Waals surface area contributed by atoms with E-state index < -0.39 is 0 Å². The lowest BCUT2D eigenvalue weighted by atomic mass is 9.88. The lowest BCUT2D eigenvalue weighted by Gasteiger charge is -2.39. The molecule has 2 amide bonds. The van der Waals surface area contributed by atoms with Crippen molar-refractivity contribution in [3.8, 4) is 0 Å². The Morgan fingerprint density at radius 3 is 1.86 bits per heavy atom. The lowest BCUT2D eigenvalue weighted by molar-refractivity contribution is 0.0573. The molecule has 3 atom stereocenters. The van der Waals surface area contributed by atoms with Crippen LogP contribution >= 0.6 is 0 Å². The molecular weight excluding hydrogens is 550 g/mol. The molecule has 3 unspecified atom stereocenters. The topological polar surface area (TPSA) is 62.3 Å². The first-order valence-electron chi connectivity index (χ1n) is 16.2. The van der Waals surface area contributed by atoms with Gasteiger partial charge >= 0.3 is 12.2 Å². The number of benzene rings is 3. The quantitative estimate of drug-likeness (QED) is 0.232. The van der Waals surface area contributed by atoms with Crippen molar-refractivity contribution in [2.24, 2.45) is 5.92 Å². The van der Waals surface area contributed by atoms with Gasteiger partial charge in [-0.05, 0) is 60.6 Å². The van der Waals surface area contributed by atoms with Gasteiger partial charge in [-0.3, -0.25) is 0 Å². The summed E-state index contributed by atoms with van der Waals surface area (Å²) in [5.41, 5.74) is 3.34. The predicted molar refractivity (Wildman–Crippen MR) is 173 cm³/mol. The summed E-state index contributed by atoms with van der Waals surface area (Å²) in [6, 6.07) is 30.8. The van der Waals surface area contributed by atoms with Gasteiger partial charge in [0.2, 0.25) is 0 Å². The van der Waals surface area contributed by atoms with Crippen molar-refractivity contribution >= 4 is 12.2 Å². The van der Waals surface area contributed by atoms with E-state index in [4.69, 9.17) is 9.47 Å².